The number of benzene rings is 1. The van der Waals surface area contributed by atoms with E-state index in [1.165, 1.54) is 6.07 Å². The molecule has 2 aromatic rings. The minimum atomic E-state index is -0.211. The fraction of sp³-hybridized carbons (Fsp3) is 0.375. The summed E-state index contributed by atoms with van der Waals surface area (Å²) < 4.78 is 15.5. The van der Waals surface area contributed by atoms with Crippen molar-refractivity contribution >= 4 is 29.9 Å². The zero-order valence-electron chi connectivity index (χ0n) is 13.4. The first-order valence-corrected chi connectivity index (χ1v) is 7.34. The van der Waals surface area contributed by atoms with E-state index in [-0.39, 0.29) is 29.8 Å². The van der Waals surface area contributed by atoms with Crippen LogP contribution in [0.25, 0.3) is 0 Å². The molecule has 1 aromatic carbocycles. The Morgan fingerprint density at radius 3 is 2.74 bits per heavy atom. The monoisotopic (exact) mass is 431 g/mol. The Balaban J connectivity index is 0.00000264. The highest BCUT2D eigenvalue weighted by Gasteiger charge is 2.06. The van der Waals surface area contributed by atoms with Gasteiger partial charge in [0.25, 0.3) is 0 Å². The molecule has 1 aromatic heterocycles. The summed E-state index contributed by atoms with van der Waals surface area (Å²) in [7, 11) is 1.70. The second kappa shape index (κ2) is 10.2. The van der Waals surface area contributed by atoms with Gasteiger partial charge in [-0.15, -0.1) is 24.0 Å². The van der Waals surface area contributed by atoms with Crippen molar-refractivity contribution in [3.05, 3.63) is 54.1 Å². The zero-order valence-corrected chi connectivity index (χ0v) is 15.7. The second-order valence-electron chi connectivity index (χ2n) is 5.23. The standard InChI is InChI=1S/C16H22FN5.HI/c1-13(12-22-9-5-8-21-22)10-19-16(18-2)20-11-14-6-3-4-7-15(14)17;/h3-9,13H,10-12H2,1-2H3,(H2,18,19,20);1H. The summed E-state index contributed by atoms with van der Waals surface area (Å²) in [5, 5.41) is 10.6. The number of nitrogens with one attached hydrogen (secondary N) is 2. The minimum Gasteiger partial charge on any atom is -0.356 e. The van der Waals surface area contributed by atoms with E-state index in [0.29, 0.717) is 24.0 Å². The number of nitrogens with zero attached hydrogens (tertiary/aromatic N) is 3. The van der Waals surface area contributed by atoms with E-state index in [1.54, 1.807) is 25.4 Å². The van der Waals surface area contributed by atoms with Crippen LogP contribution in [0.15, 0.2) is 47.7 Å². The summed E-state index contributed by atoms with van der Waals surface area (Å²) in [6.45, 7) is 4.14. The largest absolute Gasteiger partial charge is 0.356 e. The summed E-state index contributed by atoms with van der Waals surface area (Å²) in [5.41, 5.74) is 0.620. The van der Waals surface area contributed by atoms with E-state index in [2.05, 4.69) is 27.6 Å². The molecular weight excluding hydrogens is 408 g/mol. The first kappa shape index (κ1) is 19.4. The highest BCUT2D eigenvalue weighted by Crippen LogP contribution is 2.05. The van der Waals surface area contributed by atoms with Crippen molar-refractivity contribution in [3.63, 3.8) is 0 Å². The summed E-state index contributed by atoms with van der Waals surface area (Å²) in [5.74, 6) is 0.847. The molecule has 5 nitrogen and oxygen atoms in total. The Bertz CT molecular complexity index is 600. The predicted molar refractivity (Wildman–Crippen MR) is 101 cm³/mol. The van der Waals surface area contributed by atoms with Crippen LogP contribution in [-0.2, 0) is 13.1 Å². The third kappa shape index (κ3) is 6.55. The molecule has 0 fully saturated rings. The molecule has 126 valence electrons. The molecule has 0 aliphatic heterocycles. The van der Waals surface area contributed by atoms with Gasteiger partial charge < -0.3 is 10.6 Å². The molecule has 0 radical (unpaired) electrons. The lowest BCUT2D eigenvalue weighted by atomic mass is 10.2. The zero-order chi connectivity index (χ0) is 15.8. The van der Waals surface area contributed by atoms with Gasteiger partial charge in [-0.2, -0.15) is 5.10 Å². The Hall–Kier alpha value is -1.64. The average Bonchev–Trinajstić information content (AvgIpc) is 3.02. The third-order valence-electron chi connectivity index (χ3n) is 3.30. The molecule has 1 atom stereocenters. The van der Waals surface area contributed by atoms with Gasteiger partial charge in [-0.3, -0.25) is 9.67 Å². The average molecular weight is 431 g/mol. The Labute approximate surface area is 153 Å². The van der Waals surface area contributed by atoms with Gasteiger partial charge in [0.2, 0.25) is 0 Å². The van der Waals surface area contributed by atoms with Crippen molar-refractivity contribution in [2.24, 2.45) is 10.9 Å². The first-order valence-electron chi connectivity index (χ1n) is 7.34. The van der Waals surface area contributed by atoms with E-state index < -0.39 is 0 Å². The molecule has 7 heteroatoms. The van der Waals surface area contributed by atoms with Crippen LogP contribution in [0.1, 0.15) is 12.5 Å². The normalized spacial score (nSPS) is 12.4. The molecule has 0 aliphatic carbocycles. The van der Waals surface area contributed by atoms with Crippen LogP contribution in [0.4, 0.5) is 4.39 Å². The van der Waals surface area contributed by atoms with E-state index >= 15 is 0 Å². The molecule has 0 amide bonds. The fourth-order valence-corrected chi connectivity index (χ4v) is 2.10. The van der Waals surface area contributed by atoms with Crippen molar-refractivity contribution in [1.29, 1.82) is 0 Å². The lowest BCUT2D eigenvalue weighted by Gasteiger charge is -2.16. The molecule has 0 bridgehead atoms. The third-order valence-corrected chi connectivity index (χ3v) is 3.30. The number of hydrogen-bond donors (Lipinski definition) is 2. The molecule has 0 saturated heterocycles. The number of halogens is 2. The van der Waals surface area contributed by atoms with Crippen molar-refractivity contribution < 1.29 is 4.39 Å². The lowest BCUT2D eigenvalue weighted by molar-refractivity contribution is 0.443. The molecule has 2 N–H and O–H groups in total. The maximum Gasteiger partial charge on any atom is 0.191 e. The maximum atomic E-state index is 13.6. The second-order valence-corrected chi connectivity index (χ2v) is 5.23. The highest BCUT2D eigenvalue weighted by atomic mass is 127. The van der Waals surface area contributed by atoms with Gasteiger partial charge in [0.15, 0.2) is 5.96 Å². The van der Waals surface area contributed by atoms with Gasteiger partial charge in [-0.05, 0) is 18.1 Å². The molecule has 0 spiro atoms. The topological polar surface area (TPSA) is 54.2 Å². The van der Waals surface area contributed by atoms with Gasteiger partial charge in [0, 0.05) is 44.6 Å². The van der Waals surface area contributed by atoms with Gasteiger partial charge in [0.1, 0.15) is 5.82 Å². The fourth-order valence-electron chi connectivity index (χ4n) is 2.10. The molecule has 1 heterocycles. The van der Waals surface area contributed by atoms with Crippen LogP contribution in [0.5, 0.6) is 0 Å². The molecule has 0 aliphatic rings. The first-order chi connectivity index (χ1) is 10.7. The number of aliphatic imine (C=N–C) groups is 1. The Morgan fingerprint density at radius 1 is 1.30 bits per heavy atom. The number of aromatic nitrogens is 2. The van der Waals surface area contributed by atoms with Crippen LogP contribution in [-0.4, -0.2) is 29.3 Å². The summed E-state index contributed by atoms with van der Waals surface area (Å²) in [4.78, 5) is 4.15. The SMILES string of the molecule is CN=C(NCc1ccccc1F)NCC(C)Cn1cccn1.I. The number of hydrogen-bond acceptors (Lipinski definition) is 2. The highest BCUT2D eigenvalue weighted by molar-refractivity contribution is 14.0. The molecule has 1 unspecified atom stereocenters. The Morgan fingerprint density at radius 2 is 2.09 bits per heavy atom. The van der Waals surface area contributed by atoms with E-state index in [0.717, 1.165) is 13.1 Å². The van der Waals surface area contributed by atoms with Crippen molar-refractivity contribution in [2.75, 3.05) is 13.6 Å². The summed E-state index contributed by atoms with van der Waals surface area (Å²) >= 11 is 0. The van der Waals surface area contributed by atoms with Crippen LogP contribution >= 0.6 is 24.0 Å². The van der Waals surface area contributed by atoms with Gasteiger partial charge >= 0.3 is 0 Å². The van der Waals surface area contributed by atoms with Crippen LogP contribution in [0.2, 0.25) is 0 Å². The van der Waals surface area contributed by atoms with Crippen molar-refractivity contribution in [2.45, 2.75) is 20.0 Å². The summed E-state index contributed by atoms with van der Waals surface area (Å²) in [6, 6.07) is 8.63. The van der Waals surface area contributed by atoms with E-state index in [9.17, 15) is 4.39 Å². The molecule has 23 heavy (non-hydrogen) atoms. The minimum absolute atomic E-state index is 0. The maximum absolute atomic E-state index is 13.6. The summed E-state index contributed by atoms with van der Waals surface area (Å²) in [6.07, 6.45) is 3.72. The molecule has 2 rings (SSSR count). The predicted octanol–water partition coefficient (Wildman–Crippen LogP) is 2.64. The Kier molecular flexibility index (Phi) is 8.60. The van der Waals surface area contributed by atoms with Crippen LogP contribution < -0.4 is 10.6 Å². The number of rotatable bonds is 6. The van der Waals surface area contributed by atoms with Crippen LogP contribution in [0.3, 0.4) is 0 Å². The van der Waals surface area contributed by atoms with Gasteiger partial charge in [-0.1, -0.05) is 25.1 Å². The molecule has 0 saturated carbocycles. The van der Waals surface area contributed by atoms with E-state index in [4.69, 9.17) is 0 Å². The van der Waals surface area contributed by atoms with E-state index in [1.807, 2.05) is 23.0 Å². The van der Waals surface area contributed by atoms with Crippen LogP contribution in [0, 0.1) is 11.7 Å². The smallest absolute Gasteiger partial charge is 0.191 e. The van der Waals surface area contributed by atoms with Gasteiger partial charge in [0.05, 0.1) is 0 Å². The van der Waals surface area contributed by atoms with Crippen molar-refractivity contribution in [3.8, 4) is 0 Å². The van der Waals surface area contributed by atoms with Crippen molar-refractivity contribution in [1.82, 2.24) is 20.4 Å². The van der Waals surface area contributed by atoms with Gasteiger partial charge in [-0.25, -0.2) is 4.39 Å². The lowest BCUT2D eigenvalue weighted by Crippen LogP contribution is -2.39. The number of guanidine groups is 1. The molecular formula is C16H23FIN5. The quantitative estimate of drug-likeness (QED) is 0.420.